The lowest BCUT2D eigenvalue weighted by Gasteiger charge is -2.22. The third-order valence-electron chi connectivity index (χ3n) is 7.61. The highest BCUT2D eigenvalue weighted by molar-refractivity contribution is 8.15. The Morgan fingerprint density at radius 1 is 1.08 bits per heavy atom. The van der Waals surface area contributed by atoms with Crippen LogP contribution in [-0.2, 0) is 20.7 Å². The number of aromatic nitrogens is 3. The number of aryl methyl sites for hydroxylation is 1. The van der Waals surface area contributed by atoms with E-state index < -0.39 is 24.1 Å². The Kier molecular flexibility index (Phi) is 11.1. The number of hydrogen-bond acceptors (Lipinski definition) is 8. The van der Waals surface area contributed by atoms with Gasteiger partial charge in [0.1, 0.15) is 22.9 Å². The van der Waals surface area contributed by atoms with Gasteiger partial charge >= 0.3 is 12.3 Å². The molecule has 0 saturated carbocycles. The second kappa shape index (κ2) is 15.3. The summed E-state index contributed by atoms with van der Waals surface area (Å²) in [7, 11) is 1.31. The number of benzene rings is 3. The van der Waals surface area contributed by atoms with Crippen molar-refractivity contribution in [3.63, 3.8) is 0 Å². The van der Waals surface area contributed by atoms with Gasteiger partial charge in [0.25, 0.3) is 0 Å². The first-order chi connectivity index (χ1) is 23.3. The van der Waals surface area contributed by atoms with Crippen LogP contribution in [0, 0.1) is 11.7 Å². The zero-order chi connectivity index (χ0) is 35.3. The van der Waals surface area contributed by atoms with Gasteiger partial charge in [-0.15, -0.1) is 18.3 Å². The molecule has 0 radical (unpaired) electrons. The fourth-order valence-corrected chi connectivity index (χ4v) is 6.42. The van der Waals surface area contributed by atoms with Crippen LogP contribution in [0.25, 0.3) is 17.1 Å². The van der Waals surface area contributed by atoms with Crippen molar-refractivity contribution in [3.05, 3.63) is 90.0 Å². The predicted molar refractivity (Wildman–Crippen MR) is 182 cm³/mol. The first-order valence-electron chi connectivity index (χ1n) is 15.1. The monoisotopic (exact) mass is 713 g/mol. The summed E-state index contributed by atoms with van der Waals surface area (Å²) in [5, 5.41) is 4.81. The summed E-state index contributed by atoms with van der Waals surface area (Å²) in [6.07, 6.45) is -2.24. The number of amidine groups is 1. The summed E-state index contributed by atoms with van der Waals surface area (Å²) < 4.78 is 61.8. The summed E-state index contributed by atoms with van der Waals surface area (Å²) in [6, 6.07) is 17.0. The van der Waals surface area contributed by atoms with Gasteiger partial charge in [-0.3, -0.25) is 14.5 Å². The van der Waals surface area contributed by atoms with Crippen molar-refractivity contribution in [2.75, 3.05) is 17.8 Å². The SMILES string of the molecule is COC(=O)C(CCc1ccc(-c2ncn(-c3ccc(OC(F)(F)F)cc3)n2)cc1)CC(=S)N=C1SCC(=O)N1c1ccc(F)cc1C(C)C. The Hall–Kier alpha value is -4.63. The Labute approximate surface area is 289 Å². The summed E-state index contributed by atoms with van der Waals surface area (Å²) >= 11 is 6.81. The maximum Gasteiger partial charge on any atom is 0.573 e. The third kappa shape index (κ3) is 9.09. The molecule has 5 rings (SSSR count). The van der Waals surface area contributed by atoms with Gasteiger partial charge in [0.15, 0.2) is 11.0 Å². The molecule has 15 heteroatoms. The summed E-state index contributed by atoms with van der Waals surface area (Å²) in [5.41, 5.74) is 3.39. The molecule has 1 atom stereocenters. The van der Waals surface area contributed by atoms with E-state index in [1.54, 1.807) is 6.07 Å². The molecule has 1 unspecified atom stereocenters. The zero-order valence-electron chi connectivity index (χ0n) is 26.6. The number of carbonyl (C=O) groups excluding carboxylic acids is 2. The number of alkyl halides is 3. The standard InChI is InChI=1S/C34H31F4N5O4S2/c1-20(2)27-17-24(35)10-15-28(27)43-30(44)18-49-33(43)40-29(48)16-23(32(45)46-3)9-6-21-4-7-22(8-5-21)31-39-19-42(41-31)25-11-13-26(14-12-25)47-34(36,37)38/h4-5,7-8,10-15,17,19-20,23H,6,9,16,18H2,1-3H3. The van der Waals surface area contributed by atoms with Crippen molar-refractivity contribution < 1.29 is 36.6 Å². The summed E-state index contributed by atoms with van der Waals surface area (Å²) in [4.78, 5) is 36.2. The van der Waals surface area contributed by atoms with Gasteiger partial charge in [0, 0.05) is 12.0 Å². The molecule has 1 aliphatic heterocycles. The molecular formula is C34H31F4N5O4S2. The number of carbonyl (C=O) groups is 2. The molecular weight excluding hydrogens is 683 g/mol. The lowest BCUT2D eigenvalue weighted by Crippen LogP contribution is -2.31. The van der Waals surface area contributed by atoms with Gasteiger partial charge in [0.2, 0.25) is 5.91 Å². The molecule has 0 aliphatic carbocycles. The molecule has 256 valence electrons. The molecule has 1 aliphatic rings. The van der Waals surface area contributed by atoms with Crippen LogP contribution in [0.4, 0.5) is 23.2 Å². The average Bonchev–Trinajstić information content (AvgIpc) is 3.69. The number of halogens is 4. The summed E-state index contributed by atoms with van der Waals surface area (Å²) in [5.74, 6) is -1.40. The van der Waals surface area contributed by atoms with Crippen LogP contribution in [0.5, 0.6) is 5.75 Å². The van der Waals surface area contributed by atoms with Crippen molar-refractivity contribution in [1.29, 1.82) is 0 Å². The fraction of sp³-hybridized carbons (Fsp3) is 0.294. The minimum absolute atomic E-state index is 0.0418. The number of nitrogens with zero attached hydrogens (tertiary/aromatic N) is 5. The van der Waals surface area contributed by atoms with Crippen molar-refractivity contribution in [3.8, 4) is 22.8 Å². The van der Waals surface area contributed by atoms with Gasteiger partial charge in [-0.2, -0.15) is 0 Å². The predicted octanol–water partition coefficient (Wildman–Crippen LogP) is 7.67. The minimum Gasteiger partial charge on any atom is -0.469 e. The topological polar surface area (TPSA) is 98.9 Å². The van der Waals surface area contributed by atoms with E-state index in [0.717, 1.165) is 11.1 Å². The van der Waals surface area contributed by atoms with Crippen LogP contribution in [0.3, 0.4) is 0 Å². The summed E-state index contributed by atoms with van der Waals surface area (Å²) in [6.45, 7) is 3.83. The van der Waals surface area contributed by atoms with E-state index in [1.807, 2.05) is 38.1 Å². The largest absolute Gasteiger partial charge is 0.573 e. The Bertz CT molecular complexity index is 1860. The highest BCUT2D eigenvalue weighted by atomic mass is 32.2. The minimum atomic E-state index is -4.78. The molecule has 49 heavy (non-hydrogen) atoms. The number of anilines is 1. The molecule has 9 nitrogen and oxygen atoms in total. The smallest absolute Gasteiger partial charge is 0.469 e. The molecule has 0 N–H and O–H groups in total. The number of esters is 1. The molecule has 4 aromatic rings. The van der Waals surface area contributed by atoms with E-state index in [4.69, 9.17) is 17.0 Å². The third-order valence-corrected chi connectivity index (χ3v) is 8.80. The molecule has 1 amide bonds. The number of aliphatic imine (C=N–C) groups is 1. The zero-order valence-corrected chi connectivity index (χ0v) is 28.2. The van der Waals surface area contributed by atoms with Crippen LogP contribution in [0.15, 0.2) is 78.0 Å². The van der Waals surface area contributed by atoms with E-state index in [2.05, 4.69) is 19.8 Å². The molecule has 3 aromatic carbocycles. The maximum absolute atomic E-state index is 14.0. The van der Waals surface area contributed by atoms with E-state index in [-0.39, 0.29) is 34.7 Å². The number of thiocarbonyl (C=S) groups is 1. The number of ether oxygens (including phenoxy) is 2. The maximum atomic E-state index is 14.0. The number of hydrogen-bond donors (Lipinski definition) is 0. The Morgan fingerprint density at radius 2 is 1.80 bits per heavy atom. The number of methoxy groups -OCH3 is 1. The number of rotatable bonds is 11. The van der Waals surface area contributed by atoms with Crippen molar-refractivity contribution in [2.24, 2.45) is 10.9 Å². The van der Waals surface area contributed by atoms with Gasteiger partial charge < -0.3 is 9.47 Å². The Morgan fingerprint density at radius 3 is 2.45 bits per heavy atom. The van der Waals surface area contributed by atoms with Crippen molar-refractivity contribution in [2.45, 2.75) is 45.4 Å². The lowest BCUT2D eigenvalue weighted by molar-refractivity contribution is -0.274. The molecule has 1 aromatic heterocycles. The fourth-order valence-electron chi connectivity index (χ4n) is 5.19. The quantitative estimate of drug-likeness (QED) is 0.0888. The second-order valence-electron chi connectivity index (χ2n) is 11.4. The normalized spacial score (nSPS) is 14.8. The lowest BCUT2D eigenvalue weighted by atomic mass is 9.96. The Balaban J connectivity index is 1.23. The van der Waals surface area contributed by atoms with Gasteiger partial charge in [-0.25, -0.2) is 19.0 Å². The molecule has 0 bridgehead atoms. The first kappa shape index (κ1) is 35.7. The highest BCUT2D eigenvalue weighted by Gasteiger charge is 2.33. The highest BCUT2D eigenvalue weighted by Crippen LogP contribution is 2.34. The van der Waals surface area contributed by atoms with Gasteiger partial charge in [0.05, 0.1) is 30.2 Å². The van der Waals surface area contributed by atoms with E-state index in [1.165, 1.54) is 71.2 Å². The number of amides is 1. The molecule has 1 fully saturated rings. The van der Waals surface area contributed by atoms with Crippen molar-refractivity contribution in [1.82, 2.24) is 14.8 Å². The van der Waals surface area contributed by atoms with Crippen LogP contribution in [0.1, 0.15) is 43.7 Å². The first-order valence-corrected chi connectivity index (χ1v) is 16.5. The molecule has 2 heterocycles. The van der Waals surface area contributed by atoms with Crippen molar-refractivity contribution >= 4 is 51.7 Å². The second-order valence-corrected chi connectivity index (χ2v) is 12.8. The van der Waals surface area contributed by atoms with E-state index >= 15 is 0 Å². The van der Waals surface area contributed by atoms with Crippen LogP contribution >= 0.6 is 24.0 Å². The molecule has 1 saturated heterocycles. The van der Waals surface area contributed by atoms with Crippen LogP contribution < -0.4 is 9.64 Å². The van der Waals surface area contributed by atoms with E-state index in [0.29, 0.717) is 40.8 Å². The molecule has 0 spiro atoms. The number of thioether (sulfide) groups is 1. The average molecular weight is 714 g/mol. The van der Waals surface area contributed by atoms with Gasteiger partial charge in [-0.1, -0.05) is 62.1 Å². The van der Waals surface area contributed by atoms with Gasteiger partial charge in [-0.05, 0) is 72.4 Å². The van der Waals surface area contributed by atoms with E-state index in [9.17, 15) is 27.2 Å². The van der Waals surface area contributed by atoms with Crippen LogP contribution in [0.2, 0.25) is 0 Å². The van der Waals surface area contributed by atoms with Crippen LogP contribution in [-0.4, -0.2) is 56.0 Å².